The van der Waals surface area contributed by atoms with Crippen molar-refractivity contribution in [1.29, 1.82) is 0 Å². The summed E-state index contributed by atoms with van der Waals surface area (Å²) >= 11 is 8.72. The fraction of sp³-hybridized carbons (Fsp3) is 0. The van der Waals surface area contributed by atoms with E-state index in [1.807, 2.05) is 4.98 Å². The van der Waals surface area contributed by atoms with E-state index in [9.17, 15) is 29.0 Å². The highest BCUT2D eigenvalue weighted by Gasteiger charge is 2.29. The third kappa shape index (κ3) is 2.80. The normalized spacial score (nSPS) is 10.6. The lowest BCUT2D eigenvalue weighted by Gasteiger charge is -2.13. The third-order valence-corrected chi connectivity index (χ3v) is 4.24. The molecule has 5 N–H and O–H groups in total. The van der Waals surface area contributed by atoms with Crippen LogP contribution in [-0.2, 0) is 0 Å². The Bertz CT molecular complexity index is 912. The molecule has 7 nitrogen and oxygen atoms in total. The van der Waals surface area contributed by atoms with Crippen molar-refractivity contribution in [3.8, 4) is 11.1 Å². The predicted molar refractivity (Wildman–Crippen MR) is 83.5 cm³/mol. The Morgan fingerprint density at radius 2 is 1.78 bits per heavy atom. The summed E-state index contributed by atoms with van der Waals surface area (Å²) < 4.78 is 14.6. The second-order valence-electron chi connectivity index (χ2n) is 4.33. The molecule has 0 atom stereocenters. The number of hydrogen-bond acceptors (Lipinski definition) is 4. The van der Waals surface area contributed by atoms with Gasteiger partial charge >= 0.3 is 11.9 Å². The molecule has 1 heterocycles. The highest BCUT2D eigenvalue weighted by atomic mass is 79.9. The number of carboxylic acids is 2. The van der Waals surface area contributed by atoms with E-state index in [0.29, 0.717) is 0 Å². The quantitative estimate of drug-likeness (QED) is 0.580. The van der Waals surface area contributed by atoms with Gasteiger partial charge in [-0.25, -0.2) is 14.0 Å². The average Bonchev–Trinajstić information content (AvgIpc) is 2.43. The number of aromatic amines is 1. The first kappa shape index (κ1) is 17.0. The first-order chi connectivity index (χ1) is 10.7. The van der Waals surface area contributed by atoms with Gasteiger partial charge in [0.15, 0.2) is 5.82 Å². The molecule has 0 saturated heterocycles. The lowest BCUT2D eigenvalue weighted by molar-refractivity contribution is 0.0695. The second kappa shape index (κ2) is 6.01. The van der Waals surface area contributed by atoms with Gasteiger partial charge in [-0.2, -0.15) is 0 Å². The van der Waals surface area contributed by atoms with Gasteiger partial charge < -0.3 is 20.9 Å². The van der Waals surface area contributed by atoms with Crippen LogP contribution in [0.1, 0.15) is 20.7 Å². The van der Waals surface area contributed by atoms with Gasteiger partial charge in [-0.05, 0) is 22.0 Å². The molecule has 1 aromatic heterocycles. The Kier molecular flexibility index (Phi) is 4.44. The van der Waals surface area contributed by atoms with Crippen LogP contribution in [-0.4, -0.2) is 27.1 Å². The van der Waals surface area contributed by atoms with Gasteiger partial charge in [-0.1, -0.05) is 17.7 Å². The second-order valence-corrected chi connectivity index (χ2v) is 5.56. The molecule has 0 radical (unpaired) electrons. The number of aromatic nitrogens is 1. The number of aromatic carboxylic acids is 2. The molecule has 0 amide bonds. The predicted octanol–water partition coefficient (Wildman–Crippen LogP) is 2.58. The van der Waals surface area contributed by atoms with Gasteiger partial charge in [0.1, 0.15) is 16.9 Å². The number of carbonyl (C=O) groups is 2. The zero-order valence-electron chi connectivity index (χ0n) is 11.0. The van der Waals surface area contributed by atoms with Gasteiger partial charge in [0, 0.05) is 15.6 Å². The highest BCUT2D eigenvalue weighted by Crippen LogP contribution is 2.36. The standard InChI is InChI=1S/C13H7BrClFN2O5/c14-4-2-1-3(9(16)8(4)15)5-6(12(20)21)10(17)18-11(19)7(5)13(22)23/h1-2H,(H,20,21)(H,22,23)(H3,17,18,19). The first-order valence-electron chi connectivity index (χ1n) is 5.83. The Morgan fingerprint density at radius 3 is 2.30 bits per heavy atom. The molecule has 0 aliphatic rings. The van der Waals surface area contributed by atoms with E-state index < -0.39 is 56.4 Å². The molecule has 0 spiro atoms. The topological polar surface area (TPSA) is 133 Å². The van der Waals surface area contributed by atoms with Crippen LogP contribution in [0.15, 0.2) is 21.4 Å². The van der Waals surface area contributed by atoms with E-state index >= 15 is 0 Å². The molecule has 2 rings (SSSR count). The smallest absolute Gasteiger partial charge is 0.342 e. The van der Waals surface area contributed by atoms with Crippen molar-refractivity contribution in [3.05, 3.63) is 48.9 Å². The Morgan fingerprint density at radius 1 is 1.22 bits per heavy atom. The molecular weight excluding hydrogens is 399 g/mol. The zero-order chi connectivity index (χ0) is 17.5. The van der Waals surface area contributed by atoms with Crippen LogP contribution in [0.5, 0.6) is 0 Å². The van der Waals surface area contributed by atoms with E-state index in [2.05, 4.69) is 15.9 Å². The summed E-state index contributed by atoms with van der Waals surface area (Å²) in [5.74, 6) is -5.05. The summed E-state index contributed by atoms with van der Waals surface area (Å²) in [5, 5.41) is 18.1. The van der Waals surface area contributed by atoms with Crippen LogP contribution in [0.2, 0.25) is 5.02 Å². The fourth-order valence-electron chi connectivity index (χ4n) is 2.04. The molecule has 0 aliphatic carbocycles. The lowest BCUT2D eigenvalue weighted by Crippen LogP contribution is -2.24. The van der Waals surface area contributed by atoms with Crippen molar-refractivity contribution in [2.75, 3.05) is 5.73 Å². The molecule has 1 aromatic carbocycles. The molecule has 23 heavy (non-hydrogen) atoms. The molecule has 0 aliphatic heterocycles. The van der Waals surface area contributed by atoms with Crippen LogP contribution in [0.4, 0.5) is 10.2 Å². The number of hydrogen-bond donors (Lipinski definition) is 4. The van der Waals surface area contributed by atoms with Gasteiger partial charge in [0.2, 0.25) is 0 Å². The monoisotopic (exact) mass is 404 g/mol. The number of halogens is 3. The largest absolute Gasteiger partial charge is 0.478 e. The molecule has 120 valence electrons. The maximum atomic E-state index is 14.4. The summed E-state index contributed by atoms with van der Waals surface area (Å²) in [6.07, 6.45) is 0. The van der Waals surface area contributed by atoms with Crippen molar-refractivity contribution in [2.45, 2.75) is 0 Å². The van der Waals surface area contributed by atoms with Crippen molar-refractivity contribution in [1.82, 2.24) is 4.98 Å². The minimum absolute atomic E-state index is 0.173. The van der Waals surface area contributed by atoms with E-state index in [1.54, 1.807) is 0 Å². The number of nitrogen functional groups attached to an aromatic ring is 1. The average molecular weight is 406 g/mol. The van der Waals surface area contributed by atoms with E-state index in [0.717, 1.165) is 6.07 Å². The Hall–Kier alpha value is -2.39. The Labute approximate surface area is 140 Å². The minimum Gasteiger partial charge on any atom is -0.478 e. The number of carboxylic acid groups (broad SMARTS) is 2. The van der Waals surface area contributed by atoms with Crippen molar-refractivity contribution in [3.63, 3.8) is 0 Å². The SMILES string of the molecule is Nc1[nH]c(=O)c(C(=O)O)c(-c2ccc(Br)c(Cl)c2F)c1C(=O)O. The summed E-state index contributed by atoms with van der Waals surface area (Å²) in [6, 6.07) is 2.38. The van der Waals surface area contributed by atoms with Crippen molar-refractivity contribution >= 4 is 45.3 Å². The molecule has 10 heteroatoms. The summed E-state index contributed by atoms with van der Waals surface area (Å²) in [4.78, 5) is 36.5. The van der Waals surface area contributed by atoms with Crippen molar-refractivity contribution in [2.24, 2.45) is 0 Å². The van der Waals surface area contributed by atoms with Gasteiger partial charge in [-0.3, -0.25) is 4.79 Å². The van der Waals surface area contributed by atoms with Crippen LogP contribution in [0.3, 0.4) is 0 Å². The van der Waals surface area contributed by atoms with E-state index in [1.165, 1.54) is 6.07 Å². The summed E-state index contributed by atoms with van der Waals surface area (Å²) in [6.45, 7) is 0. The number of rotatable bonds is 3. The highest BCUT2D eigenvalue weighted by molar-refractivity contribution is 9.10. The maximum Gasteiger partial charge on any atom is 0.342 e. The lowest BCUT2D eigenvalue weighted by atomic mass is 9.95. The first-order valence-corrected chi connectivity index (χ1v) is 7.00. The number of nitrogens with two attached hydrogens (primary N) is 1. The molecular formula is C13H7BrClFN2O5. The van der Waals surface area contributed by atoms with Gasteiger partial charge in [-0.15, -0.1) is 0 Å². The third-order valence-electron chi connectivity index (χ3n) is 2.98. The fourth-order valence-corrected chi connectivity index (χ4v) is 2.51. The number of benzene rings is 1. The zero-order valence-corrected chi connectivity index (χ0v) is 13.3. The summed E-state index contributed by atoms with van der Waals surface area (Å²) in [7, 11) is 0. The number of anilines is 1. The van der Waals surface area contributed by atoms with Crippen molar-refractivity contribution < 1.29 is 24.2 Å². The van der Waals surface area contributed by atoms with Crippen LogP contribution >= 0.6 is 27.5 Å². The summed E-state index contributed by atoms with van der Waals surface area (Å²) in [5.41, 5.74) is 1.49. The number of H-pyrrole nitrogens is 1. The van der Waals surface area contributed by atoms with Crippen LogP contribution in [0, 0.1) is 5.82 Å². The number of pyridine rings is 1. The van der Waals surface area contributed by atoms with E-state index in [4.69, 9.17) is 17.3 Å². The number of nitrogens with one attached hydrogen (secondary N) is 1. The maximum absolute atomic E-state index is 14.4. The molecule has 0 fully saturated rings. The molecule has 0 bridgehead atoms. The molecule has 0 unspecified atom stereocenters. The molecule has 0 saturated carbocycles. The molecule has 2 aromatic rings. The Balaban J connectivity index is 3.07. The van der Waals surface area contributed by atoms with Gasteiger partial charge in [0.25, 0.3) is 5.56 Å². The van der Waals surface area contributed by atoms with Crippen LogP contribution < -0.4 is 11.3 Å². The van der Waals surface area contributed by atoms with Gasteiger partial charge in [0.05, 0.1) is 5.02 Å². The van der Waals surface area contributed by atoms with Crippen LogP contribution in [0.25, 0.3) is 11.1 Å². The minimum atomic E-state index is -1.73. The van der Waals surface area contributed by atoms with E-state index in [-0.39, 0.29) is 4.47 Å².